The summed E-state index contributed by atoms with van der Waals surface area (Å²) in [6, 6.07) is 8.07. The summed E-state index contributed by atoms with van der Waals surface area (Å²) in [4.78, 5) is 4.45. The average Bonchev–Trinajstić information content (AvgIpc) is 2.17. The van der Waals surface area contributed by atoms with E-state index in [-0.39, 0.29) is 0 Å². The van der Waals surface area contributed by atoms with Crippen LogP contribution in [0.1, 0.15) is 29.8 Å². The Hall–Kier alpha value is -1.41. The van der Waals surface area contributed by atoms with Crippen LogP contribution >= 0.6 is 0 Å². The Morgan fingerprint density at radius 3 is 2.60 bits per heavy atom. The van der Waals surface area contributed by atoms with Crippen LogP contribution in [0.15, 0.2) is 24.3 Å². The third kappa shape index (κ3) is 1.85. The highest BCUT2D eigenvalue weighted by molar-refractivity contribution is 5.83. The van der Waals surface area contributed by atoms with Crippen molar-refractivity contribution in [1.82, 2.24) is 4.98 Å². The normalized spacial score (nSPS) is 13.1. The molecule has 0 spiro atoms. The standard InChI is InChI=1S/C13H15NO/c1-8-4-5-13-12(6-8)11(10(3)15)7-9(2)14-13/h4-7,10,15H,1-3H3. The molecule has 0 bridgehead atoms. The van der Waals surface area contributed by atoms with E-state index in [1.807, 2.05) is 32.0 Å². The first-order valence-electron chi connectivity index (χ1n) is 5.14. The van der Waals surface area contributed by atoms with Crippen LogP contribution in [-0.2, 0) is 0 Å². The van der Waals surface area contributed by atoms with Gasteiger partial charge in [-0.05, 0) is 44.5 Å². The van der Waals surface area contributed by atoms with Gasteiger partial charge in [0.05, 0.1) is 11.6 Å². The lowest BCUT2D eigenvalue weighted by atomic mass is 10.0. The van der Waals surface area contributed by atoms with Gasteiger partial charge in [-0.25, -0.2) is 0 Å². The molecule has 0 radical (unpaired) electrons. The third-order valence-electron chi connectivity index (χ3n) is 2.57. The fourth-order valence-electron chi connectivity index (χ4n) is 1.85. The minimum Gasteiger partial charge on any atom is -0.389 e. The van der Waals surface area contributed by atoms with E-state index in [2.05, 4.69) is 11.1 Å². The number of aliphatic hydroxyl groups excluding tert-OH is 1. The van der Waals surface area contributed by atoms with E-state index in [4.69, 9.17) is 0 Å². The zero-order valence-electron chi connectivity index (χ0n) is 9.28. The minimum atomic E-state index is -0.448. The van der Waals surface area contributed by atoms with Crippen LogP contribution < -0.4 is 0 Å². The molecule has 2 nitrogen and oxygen atoms in total. The number of fused-ring (bicyclic) bond motifs is 1. The number of rotatable bonds is 1. The van der Waals surface area contributed by atoms with Crippen LogP contribution in [-0.4, -0.2) is 10.1 Å². The zero-order valence-corrected chi connectivity index (χ0v) is 9.28. The summed E-state index contributed by atoms with van der Waals surface area (Å²) in [5.74, 6) is 0. The predicted octanol–water partition coefficient (Wildman–Crippen LogP) is 2.90. The molecule has 1 aromatic carbocycles. The molecule has 1 heterocycles. The Morgan fingerprint density at radius 2 is 1.93 bits per heavy atom. The molecule has 2 aromatic rings. The van der Waals surface area contributed by atoms with E-state index in [1.165, 1.54) is 5.56 Å². The van der Waals surface area contributed by atoms with Gasteiger partial charge in [0, 0.05) is 11.1 Å². The van der Waals surface area contributed by atoms with Gasteiger partial charge >= 0.3 is 0 Å². The second-order valence-corrected chi connectivity index (χ2v) is 4.05. The molecule has 1 unspecified atom stereocenters. The molecule has 1 atom stereocenters. The summed E-state index contributed by atoms with van der Waals surface area (Å²) < 4.78 is 0. The van der Waals surface area contributed by atoms with Crippen molar-refractivity contribution in [3.8, 4) is 0 Å². The summed E-state index contributed by atoms with van der Waals surface area (Å²) in [5, 5.41) is 10.8. The number of hydrogen-bond donors (Lipinski definition) is 1. The third-order valence-corrected chi connectivity index (χ3v) is 2.57. The molecule has 2 rings (SSSR count). The van der Waals surface area contributed by atoms with Gasteiger partial charge in [-0.2, -0.15) is 0 Å². The van der Waals surface area contributed by atoms with Crippen LogP contribution in [0.3, 0.4) is 0 Å². The number of hydrogen-bond acceptors (Lipinski definition) is 2. The highest BCUT2D eigenvalue weighted by Crippen LogP contribution is 2.24. The molecule has 0 amide bonds. The average molecular weight is 201 g/mol. The molecular weight excluding hydrogens is 186 g/mol. The zero-order chi connectivity index (χ0) is 11.0. The molecule has 15 heavy (non-hydrogen) atoms. The molecule has 78 valence electrons. The van der Waals surface area contributed by atoms with E-state index in [0.29, 0.717) is 0 Å². The van der Waals surface area contributed by atoms with Crippen LogP contribution in [0.5, 0.6) is 0 Å². The largest absolute Gasteiger partial charge is 0.389 e. The summed E-state index contributed by atoms with van der Waals surface area (Å²) in [5.41, 5.74) is 4.05. The van der Waals surface area contributed by atoms with E-state index in [9.17, 15) is 5.11 Å². The SMILES string of the molecule is Cc1ccc2nc(C)cc(C(C)O)c2c1. The van der Waals surface area contributed by atoms with Crippen LogP contribution in [0.25, 0.3) is 10.9 Å². The lowest BCUT2D eigenvalue weighted by molar-refractivity contribution is 0.200. The summed E-state index contributed by atoms with van der Waals surface area (Å²) in [6.45, 7) is 5.78. The maximum Gasteiger partial charge on any atom is 0.0769 e. The molecule has 1 aromatic heterocycles. The first kappa shape index (κ1) is 10.1. The molecular formula is C13H15NO. The van der Waals surface area contributed by atoms with Crippen molar-refractivity contribution in [3.05, 3.63) is 41.1 Å². The molecule has 1 N–H and O–H groups in total. The lowest BCUT2D eigenvalue weighted by Crippen LogP contribution is -1.96. The number of nitrogens with zero attached hydrogens (tertiary/aromatic N) is 1. The topological polar surface area (TPSA) is 33.1 Å². The minimum absolute atomic E-state index is 0.448. The highest BCUT2D eigenvalue weighted by Gasteiger charge is 2.08. The van der Waals surface area contributed by atoms with Crippen LogP contribution in [0.2, 0.25) is 0 Å². The number of pyridine rings is 1. The van der Waals surface area contributed by atoms with Crippen molar-refractivity contribution in [2.45, 2.75) is 26.9 Å². The molecule has 0 aliphatic heterocycles. The monoisotopic (exact) mass is 201 g/mol. The summed E-state index contributed by atoms with van der Waals surface area (Å²) in [7, 11) is 0. The van der Waals surface area contributed by atoms with Gasteiger partial charge in [-0.3, -0.25) is 4.98 Å². The Balaban J connectivity index is 2.81. The first-order chi connectivity index (χ1) is 7.08. The molecule has 0 fully saturated rings. The van der Waals surface area contributed by atoms with Crippen molar-refractivity contribution in [2.24, 2.45) is 0 Å². The molecule has 0 aliphatic rings. The van der Waals surface area contributed by atoms with Crippen molar-refractivity contribution >= 4 is 10.9 Å². The maximum absolute atomic E-state index is 9.71. The van der Waals surface area contributed by atoms with Gasteiger partial charge in [0.15, 0.2) is 0 Å². The summed E-state index contributed by atoms with van der Waals surface area (Å²) >= 11 is 0. The Kier molecular flexibility index (Phi) is 2.45. The van der Waals surface area contributed by atoms with Crippen molar-refractivity contribution in [1.29, 1.82) is 0 Å². The lowest BCUT2D eigenvalue weighted by Gasteiger charge is -2.10. The number of aryl methyl sites for hydroxylation is 2. The quantitative estimate of drug-likeness (QED) is 0.769. The van der Waals surface area contributed by atoms with Crippen molar-refractivity contribution in [2.75, 3.05) is 0 Å². The number of benzene rings is 1. The molecule has 2 heteroatoms. The Labute approximate surface area is 89.6 Å². The first-order valence-corrected chi connectivity index (χ1v) is 5.14. The number of aromatic nitrogens is 1. The summed E-state index contributed by atoms with van der Waals surface area (Å²) in [6.07, 6.45) is -0.448. The number of aliphatic hydroxyl groups is 1. The smallest absolute Gasteiger partial charge is 0.0769 e. The molecule has 0 saturated heterocycles. The van der Waals surface area contributed by atoms with Gasteiger partial charge in [0.2, 0.25) is 0 Å². The Morgan fingerprint density at radius 1 is 1.20 bits per heavy atom. The Bertz CT molecular complexity index is 503. The van der Waals surface area contributed by atoms with E-state index in [0.717, 1.165) is 22.2 Å². The second-order valence-electron chi connectivity index (χ2n) is 4.05. The highest BCUT2D eigenvalue weighted by atomic mass is 16.3. The van der Waals surface area contributed by atoms with Crippen molar-refractivity contribution in [3.63, 3.8) is 0 Å². The predicted molar refractivity (Wildman–Crippen MR) is 61.9 cm³/mol. The fraction of sp³-hybridized carbons (Fsp3) is 0.308. The second kappa shape index (κ2) is 3.63. The van der Waals surface area contributed by atoms with Crippen LogP contribution in [0, 0.1) is 13.8 Å². The van der Waals surface area contributed by atoms with E-state index < -0.39 is 6.10 Å². The van der Waals surface area contributed by atoms with Crippen molar-refractivity contribution < 1.29 is 5.11 Å². The fourth-order valence-corrected chi connectivity index (χ4v) is 1.85. The van der Waals surface area contributed by atoms with Gasteiger partial charge in [0.25, 0.3) is 0 Å². The van der Waals surface area contributed by atoms with Gasteiger partial charge < -0.3 is 5.11 Å². The van der Waals surface area contributed by atoms with Gasteiger partial charge in [0.1, 0.15) is 0 Å². The molecule has 0 saturated carbocycles. The van der Waals surface area contributed by atoms with E-state index in [1.54, 1.807) is 6.92 Å². The van der Waals surface area contributed by atoms with Gasteiger partial charge in [-0.1, -0.05) is 11.6 Å². The van der Waals surface area contributed by atoms with Gasteiger partial charge in [-0.15, -0.1) is 0 Å². The maximum atomic E-state index is 9.71. The molecule has 0 aliphatic carbocycles. The van der Waals surface area contributed by atoms with Crippen LogP contribution in [0.4, 0.5) is 0 Å². The van der Waals surface area contributed by atoms with E-state index >= 15 is 0 Å².